The molecule has 92 valence electrons. The molecule has 0 aliphatic rings. The second-order valence-corrected chi connectivity index (χ2v) is 3.99. The normalized spacial score (nSPS) is 11.1. The van der Waals surface area contributed by atoms with Gasteiger partial charge >= 0.3 is 5.97 Å². The summed E-state index contributed by atoms with van der Waals surface area (Å²) >= 11 is 0. The molecule has 0 atom stereocenters. The predicted octanol–water partition coefficient (Wildman–Crippen LogP) is 2.87. The lowest BCUT2D eigenvalue weighted by molar-refractivity contribution is -0.146. The molecule has 0 aliphatic heterocycles. The lowest BCUT2D eigenvalue weighted by Gasteiger charge is -2.02. The summed E-state index contributed by atoms with van der Waals surface area (Å²) < 4.78 is 9.57. The number of allylic oxidation sites excluding steroid dienone is 3. The summed E-state index contributed by atoms with van der Waals surface area (Å²) in [6.45, 7) is 6.58. The van der Waals surface area contributed by atoms with Gasteiger partial charge in [-0.05, 0) is 39.7 Å². The van der Waals surface area contributed by atoms with Crippen molar-refractivity contribution in [3.8, 4) is 0 Å². The Morgan fingerprint density at radius 3 is 2.44 bits per heavy atom. The van der Waals surface area contributed by atoms with E-state index < -0.39 is 0 Å². The van der Waals surface area contributed by atoms with Gasteiger partial charge in [-0.25, -0.2) is 4.79 Å². The third-order valence-corrected chi connectivity index (χ3v) is 2.03. The molecule has 0 fully saturated rings. The van der Waals surface area contributed by atoms with Crippen LogP contribution < -0.4 is 0 Å². The Kier molecular flexibility index (Phi) is 8.53. The molecule has 0 aromatic heterocycles. The van der Waals surface area contributed by atoms with E-state index in [-0.39, 0.29) is 12.6 Å². The summed E-state index contributed by atoms with van der Waals surface area (Å²) in [5.74, 6) is -0.323. The van der Waals surface area contributed by atoms with E-state index in [4.69, 9.17) is 4.74 Å². The van der Waals surface area contributed by atoms with E-state index in [1.807, 2.05) is 13.0 Å². The molecule has 0 bridgehead atoms. The van der Waals surface area contributed by atoms with Gasteiger partial charge in [0.15, 0.2) is 0 Å². The molecule has 0 aromatic carbocycles. The van der Waals surface area contributed by atoms with E-state index in [9.17, 15) is 4.79 Å². The van der Waals surface area contributed by atoms with Crippen LogP contribution in [0.2, 0.25) is 0 Å². The van der Waals surface area contributed by atoms with Crippen LogP contribution in [0.4, 0.5) is 0 Å². The summed E-state index contributed by atoms with van der Waals surface area (Å²) in [6.07, 6.45) is 6.18. The van der Waals surface area contributed by atoms with Crippen molar-refractivity contribution in [2.75, 3.05) is 20.3 Å². The summed E-state index contributed by atoms with van der Waals surface area (Å²) in [7, 11) is 1.47. The number of carbonyl (C=O) groups excluding carboxylic acids is 1. The number of hydrogen-bond acceptors (Lipinski definition) is 3. The molecule has 3 nitrogen and oxygen atoms in total. The van der Waals surface area contributed by atoms with Crippen molar-refractivity contribution >= 4 is 5.97 Å². The molecule has 0 N–H and O–H groups in total. The van der Waals surface area contributed by atoms with Crippen molar-refractivity contribution in [2.24, 2.45) is 0 Å². The van der Waals surface area contributed by atoms with Gasteiger partial charge in [-0.15, -0.1) is 0 Å². The van der Waals surface area contributed by atoms with Crippen LogP contribution in [0.25, 0.3) is 0 Å². The molecule has 0 radical (unpaired) electrons. The quantitative estimate of drug-likeness (QED) is 0.494. The van der Waals surface area contributed by atoms with Gasteiger partial charge in [0.25, 0.3) is 0 Å². The highest BCUT2D eigenvalue weighted by molar-refractivity contribution is 5.70. The molecular weight excluding hydrogens is 204 g/mol. The van der Waals surface area contributed by atoms with Crippen LogP contribution in [-0.2, 0) is 14.3 Å². The second-order valence-electron chi connectivity index (χ2n) is 3.99. The van der Waals surface area contributed by atoms with E-state index in [0.717, 1.165) is 12.8 Å². The SMILES string of the molecule is COCC(=O)OCC=C(C)CCC=C(C)C. The molecular formula is C13H22O3. The number of rotatable bonds is 7. The molecule has 0 saturated carbocycles. The molecule has 0 aliphatic carbocycles. The summed E-state index contributed by atoms with van der Waals surface area (Å²) in [5, 5.41) is 0. The standard InChI is InChI=1S/C13H22O3/c1-11(2)6-5-7-12(3)8-9-16-13(14)10-15-4/h6,8H,5,7,9-10H2,1-4H3. The van der Waals surface area contributed by atoms with Crippen molar-refractivity contribution in [1.82, 2.24) is 0 Å². The topological polar surface area (TPSA) is 35.5 Å². The minimum atomic E-state index is -0.323. The lowest BCUT2D eigenvalue weighted by atomic mass is 10.1. The molecule has 3 heteroatoms. The molecule has 0 saturated heterocycles. The second kappa shape index (κ2) is 9.16. The van der Waals surface area contributed by atoms with E-state index in [1.165, 1.54) is 18.3 Å². The van der Waals surface area contributed by atoms with Crippen molar-refractivity contribution in [1.29, 1.82) is 0 Å². The predicted molar refractivity (Wildman–Crippen MR) is 65.3 cm³/mol. The Morgan fingerprint density at radius 1 is 1.19 bits per heavy atom. The molecule has 0 rings (SSSR count). The van der Waals surface area contributed by atoms with Crippen LogP contribution in [0.3, 0.4) is 0 Å². The molecule has 16 heavy (non-hydrogen) atoms. The first-order valence-corrected chi connectivity index (χ1v) is 5.49. The average molecular weight is 226 g/mol. The minimum Gasteiger partial charge on any atom is -0.460 e. The van der Waals surface area contributed by atoms with Gasteiger partial charge in [-0.3, -0.25) is 0 Å². The van der Waals surface area contributed by atoms with Gasteiger partial charge in [0.1, 0.15) is 13.2 Å². The van der Waals surface area contributed by atoms with Gasteiger partial charge in [0.05, 0.1) is 0 Å². The zero-order valence-electron chi connectivity index (χ0n) is 10.7. The largest absolute Gasteiger partial charge is 0.460 e. The Hall–Kier alpha value is -1.09. The fraction of sp³-hybridized carbons (Fsp3) is 0.615. The third kappa shape index (κ3) is 9.46. The van der Waals surface area contributed by atoms with Crippen LogP contribution in [0.5, 0.6) is 0 Å². The van der Waals surface area contributed by atoms with Gasteiger partial charge in [0, 0.05) is 7.11 Å². The zero-order chi connectivity index (χ0) is 12.4. The van der Waals surface area contributed by atoms with Crippen LogP contribution in [0, 0.1) is 0 Å². The molecule has 0 aromatic rings. The van der Waals surface area contributed by atoms with Crippen molar-refractivity contribution in [3.63, 3.8) is 0 Å². The smallest absolute Gasteiger partial charge is 0.332 e. The number of ether oxygens (including phenoxy) is 2. The maximum Gasteiger partial charge on any atom is 0.332 e. The average Bonchev–Trinajstić information content (AvgIpc) is 2.17. The van der Waals surface area contributed by atoms with Crippen LogP contribution in [0.15, 0.2) is 23.3 Å². The monoisotopic (exact) mass is 226 g/mol. The fourth-order valence-corrected chi connectivity index (χ4v) is 1.13. The summed E-state index contributed by atoms with van der Waals surface area (Å²) in [4.78, 5) is 10.9. The van der Waals surface area contributed by atoms with Gasteiger partial charge in [0.2, 0.25) is 0 Å². The Labute approximate surface area is 98.1 Å². The maximum atomic E-state index is 10.9. The van der Waals surface area contributed by atoms with Crippen LogP contribution in [0.1, 0.15) is 33.6 Å². The van der Waals surface area contributed by atoms with Gasteiger partial charge in [-0.2, -0.15) is 0 Å². The van der Waals surface area contributed by atoms with Gasteiger partial charge < -0.3 is 9.47 Å². The third-order valence-electron chi connectivity index (χ3n) is 2.03. The fourth-order valence-electron chi connectivity index (χ4n) is 1.13. The maximum absolute atomic E-state index is 10.9. The van der Waals surface area contributed by atoms with Crippen molar-refractivity contribution < 1.29 is 14.3 Å². The number of esters is 1. The molecule has 0 unspecified atom stereocenters. The van der Waals surface area contributed by atoms with E-state index in [2.05, 4.69) is 24.7 Å². The van der Waals surface area contributed by atoms with Crippen LogP contribution in [-0.4, -0.2) is 26.3 Å². The summed E-state index contributed by atoms with van der Waals surface area (Å²) in [5.41, 5.74) is 2.57. The molecule has 0 amide bonds. The van der Waals surface area contributed by atoms with Crippen molar-refractivity contribution in [3.05, 3.63) is 23.3 Å². The Bertz CT molecular complexity index is 260. The Balaban J connectivity index is 3.70. The van der Waals surface area contributed by atoms with Crippen molar-refractivity contribution in [2.45, 2.75) is 33.6 Å². The first-order chi connectivity index (χ1) is 7.56. The zero-order valence-corrected chi connectivity index (χ0v) is 10.7. The first-order valence-electron chi connectivity index (χ1n) is 5.49. The van der Waals surface area contributed by atoms with Gasteiger partial charge in [-0.1, -0.05) is 17.2 Å². The lowest BCUT2D eigenvalue weighted by Crippen LogP contribution is -2.11. The van der Waals surface area contributed by atoms with E-state index in [1.54, 1.807) is 0 Å². The molecule has 0 heterocycles. The first kappa shape index (κ1) is 14.9. The highest BCUT2D eigenvalue weighted by Gasteiger charge is 1.98. The number of methoxy groups -OCH3 is 1. The highest BCUT2D eigenvalue weighted by Crippen LogP contribution is 2.06. The molecule has 0 spiro atoms. The Morgan fingerprint density at radius 2 is 1.88 bits per heavy atom. The number of hydrogen-bond donors (Lipinski definition) is 0. The van der Waals surface area contributed by atoms with E-state index >= 15 is 0 Å². The van der Waals surface area contributed by atoms with Crippen LogP contribution >= 0.6 is 0 Å². The van der Waals surface area contributed by atoms with E-state index in [0.29, 0.717) is 6.61 Å². The number of carbonyl (C=O) groups is 1. The summed E-state index contributed by atoms with van der Waals surface area (Å²) in [6, 6.07) is 0. The highest BCUT2D eigenvalue weighted by atomic mass is 16.6. The minimum absolute atomic E-state index is 0.0185.